The van der Waals surface area contributed by atoms with Gasteiger partial charge >= 0.3 is 5.97 Å². The van der Waals surface area contributed by atoms with Crippen molar-refractivity contribution in [3.8, 4) is 0 Å². The molecule has 17 heavy (non-hydrogen) atoms. The van der Waals surface area contributed by atoms with Crippen LogP contribution in [-0.4, -0.2) is 15.6 Å². The number of aromatic nitrogens is 1. The molecule has 4 heteroatoms. The van der Waals surface area contributed by atoms with Gasteiger partial charge in [-0.3, -0.25) is 4.79 Å². The summed E-state index contributed by atoms with van der Waals surface area (Å²) < 4.78 is 2.12. The second-order valence-electron chi connectivity index (χ2n) is 3.98. The van der Waals surface area contributed by atoms with Crippen molar-refractivity contribution in [1.82, 2.24) is 4.57 Å². The molecular formula is C13H14ClNO2. The van der Waals surface area contributed by atoms with Crippen molar-refractivity contribution in [2.45, 2.75) is 26.3 Å². The van der Waals surface area contributed by atoms with Gasteiger partial charge in [0.15, 0.2) is 0 Å². The SMILES string of the molecule is CCn1c(CCC(=O)O)cc2ccc(Cl)cc21. The molecule has 1 aromatic heterocycles. The molecule has 0 aliphatic carbocycles. The maximum atomic E-state index is 10.6. The van der Waals surface area contributed by atoms with Crippen molar-refractivity contribution in [3.05, 3.63) is 35.0 Å². The summed E-state index contributed by atoms with van der Waals surface area (Å²) in [5.74, 6) is -0.768. The van der Waals surface area contributed by atoms with Gasteiger partial charge in [-0.15, -0.1) is 0 Å². The molecule has 0 bridgehead atoms. The minimum absolute atomic E-state index is 0.157. The third-order valence-corrected chi connectivity index (χ3v) is 3.10. The number of benzene rings is 1. The number of aliphatic carboxylic acids is 1. The van der Waals surface area contributed by atoms with E-state index in [9.17, 15) is 4.79 Å². The van der Waals surface area contributed by atoms with Crippen molar-refractivity contribution in [1.29, 1.82) is 0 Å². The van der Waals surface area contributed by atoms with E-state index in [2.05, 4.69) is 4.57 Å². The fraction of sp³-hybridized carbons (Fsp3) is 0.308. The molecule has 1 heterocycles. The Hall–Kier alpha value is -1.48. The molecule has 2 aromatic rings. The summed E-state index contributed by atoms with van der Waals surface area (Å²) in [5, 5.41) is 10.5. The summed E-state index contributed by atoms with van der Waals surface area (Å²) in [7, 11) is 0. The van der Waals surface area contributed by atoms with Crippen LogP contribution in [0.2, 0.25) is 5.02 Å². The predicted molar refractivity (Wildman–Crippen MR) is 68.6 cm³/mol. The summed E-state index contributed by atoms with van der Waals surface area (Å²) in [5.41, 5.74) is 2.12. The summed E-state index contributed by atoms with van der Waals surface area (Å²) in [6, 6.07) is 7.78. The van der Waals surface area contributed by atoms with Crippen LogP contribution >= 0.6 is 11.6 Å². The zero-order valence-electron chi connectivity index (χ0n) is 9.61. The highest BCUT2D eigenvalue weighted by molar-refractivity contribution is 6.31. The molecular weight excluding hydrogens is 238 g/mol. The third kappa shape index (κ3) is 2.44. The highest BCUT2D eigenvalue weighted by Crippen LogP contribution is 2.24. The second-order valence-corrected chi connectivity index (χ2v) is 4.41. The summed E-state index contributed by atoms with van der Waals surface area (Å²) >= 11 is 5.98. The monoisotopic (exact) mass is 251 g/mol. The third-order valence-electron chi connectivity index (χ3n) is 2.86. The second kappa shape index (κ2) is 4.80. The molecule has 1 N–H and O–H groups in total. The van der Waals surface area contributed by atoms with Crippen molar-refractivity contribution in [2.24, 2.45) is 0 Å². The van der Waals surface area contributed by atoms with Gasteiger partial charge in [-0.25, -0.2) is 0 Å². The molecule has 0 spiro atoms. The number of hydrogen-bond acceptors (Lipinski definition) is 1. The number of nitrogens with zero attached hydrogens (tertiary/aromatic N) is 1. The van der Waals surface area contributed by atoms with Gasteiger partial charge in [0.2, 0.25) is 0 Å². The van der Waals surface area contributed by atoms with Gasteiger partial charge in [0.25, 0.3) is 0 Å². The van der Waals surface area contributed by atoms with Crippen molar-refractivity contribution in [2.75, 3.05) is 0 Å². The van der Waals surface area contributed by atoms with E-state index in [0.29, 0.717) is 11.4 Å². The lowest BCUT2D eigenvalue weighted by Gasteiger charge is -2.06. The lowest BCUT2D eigenvalue weighted by molar-refractivity contribution is -0.136. The smallest absolute Gasteiger partial charge is 0.303 e. The maximum Gasteiger partial charge on any atom is 0.303 e. The number of fused-ring (bicyclic) bond motifs is 1. The first-order valence-corrected chi connectivity index (χ1v) is 5.99. The number of aryl methyl sites for hydroxylation is 2. The van der Waals surface area contributed by atoms with Gasteiger partial charge < -0.3 is 9.67 Å². The van der Waals surface area contributed by atoms with Crippen LogP contribution < -0.4 is 0 Å². The molecule has 0 aliphatic heterocycles. The lowest BCUT2D eigenvalue weighted by Crippen LogP contribution is -2.04. The standard InChI is InChI=1S/C13H14ClNO2/c1-2-15-11(5-6-13(16)17)7-9-3-4-10(14)8-12(9)15/h3-4,7-8H,2,5-6H2,1H3,(H,16,17). The van der Waals surface area contributed by atoms with Crippen LogP contribution in [0.15, 0.2) is 24.3 Å². The van der Waals surface area contributed by atoms with Crippen LogP contribution in [0.3, 0.4) is 0 Å². The quantitative estimate of drug-likeness (QED) is 0.906. The van der Waals surface area contributed by atoms with Crippen LogP contribution in [0.4, 0.5) is 0 Å². The van der Waals surface area contributed by atoms with Crippen LogP contribution in [0.25, 0.3) is 10.9 Å². The Bertz CT molecular complexity index is 560. The number of halogens is 1. The summed E-state index contributed by atoms with van der Waals surface area (Å²) in [4.78, 5) is 10.6. The topological polar surface area (TPSA) is 42.2 Å². The Balaban J connectivity index is 2.45. The van der Waals surface area contributed by atoms with Crippen molar-refractivity contribution >= 4 is 28.5 Å². The zero-order chi connectivity index (χ0) is 12.4. The summed E-state index contributed by atoms with van der Waals surface area (Å²) in [6.45, 7) is 2.86. The van der Waals surface area contributed by atoms with Gasteiger partial charge in [-0.2, -0.15) is 0 Å². The minimum atomic E-state index is -0.768. The van der Waals surface area contributed by atoms with Gasteiger partial charge in [0.05, 0.1) is 6.42 Å². The van der Waals surface area contributed by atoms with Gasteiger partial charge in [0, 0.05) is 22.8 Å². The lowest BCUT2D eigenvalue weighted by atomic mass is 10.2. The van der Waals surface area contributed by atoms with Crippen molar-refractivity contribution in [3.63, 3.8) is 0 Å². The van der Waals surface area contributed by atoms with E-state index in [1.807, 2.05) is 31.2 Å². The zero-order valence-corrected chi connectivity index (χ0v) is 10.4. The Morgan fingerprint density at radius 3 is 2.82 bits per heavy atom. The van der Waals surface area contributed by atoms with Crippen molar-refractivity contribution < 1.29 is 9.90 Å². The number of carboxylic acid groups (broad SMARTS) is 1. The van der Waals surface area contributed by atoms with E-state index >= 15 is 0 Å². The average molecular weight is 252 g/mol. The Labute approximate surface area is 105 Å². The predicted octanol–water partition coefficient (Wildman–Crippen LogP) is 3.33. The first-order valence-electron chi connectivity index (χ1n) is 5.61. The molecule has 3 nitrogen and oxygen atoms in total. The fourth-order valence-corrected chi connectivity index (χ4v) is 2.27. The number of carboxylic acids is 1. The molecule has 2 rings (SSSR count). The molecule has 0 unspecified atom stereocenters. The molecule has 0 saturated heterocycles. The molecule has 1 aromatic carbocycles. The largest absolute Gasteiger partial charge is 0.481 e. The highest BCUT2D eigenvalue weighted by Gasteiger charge is 2.09. The molecule has 0 fully saturated rings. The van der Waals surface area contributed by atoms with Crippen LogP contribution in [-0.2, 0) is 17.8 Å². The average Bonchev–Trinajstić information content (AvgIpc) is 2.63. The van der Waals surface area contributed by atoms with Gasteiger partial charge in [-0.1, -0.05) is 17.7 Å². The number of hydrogen-bond donors (Lipinski definition) is 1. The maximum absolute atomic E-state index is 10.6. The Morgan fingerprint density at radius 1 is 1.41 bits per heavy atom. The van der Waals surface area contributed by atoms with E-state index in [0.717, 1.165) is 23.1 Å². The minimum Gasteiger partial charge on any atom is -0.481 e. The fourth-order valence-electron chi connectivity index (χ4n) is 2.10. The normalized spacial score (nSPS) is 10.9. The highest BCUT2D eigenvalue weighted by atomic mass is 35.5. The van der Waals surface area contributed by atoms with E-state index in [1.54, 1.807) is 0 Å². The molecule has 0 atom stereocenters. The van der Waals surface area contributed by atoms with E-state index in [1.165, 1.54) is 0 Å². The molecule has 0 amide bonds. The Kier molecular flexibility index (Phi) is 3.38. The van der Waals surface area contributed by atoms with E-state index in [4.69, 9.17) is 16.7 Å². The Morgan fingerprint density at radius 2 is 2.18 bits per heavy atom. The molecule has 90 valence electrons. The van der Waals surface area contributed by atoms with Crippen LogP contribution in [0.1, 0.15) is 19.0 Å². The summed E-state index contributed by atoms with van der Waals surface area (Å²) in [6.07, 6.45) is 0.708. The first-order chi connectivity index (χ1) is 8.11. The van der Waals surface area contributed by atoms with Gasteiger partial charge in [-0.05, 0) is 36.9 Å². The molecule has 0 aliphatic rings. The molecule has 0 saturated carbocycles. The van der Waals surface area contributed by atoms with Crippen LogP contribution in [0, 0.1) is 0 Å². The van der Waals surface area contributed by atoms with Gasteiger partial charge in [0.1, 0.15) is 0 Å². The number of carbonyl (C=O) groups is 1. The van der Waals surface area contributed by atoms with Crippen LogP contribution in [0.5, 0.6) is 0 Å². The van der Waals surface area contributed by atoms with E-state index < -0.39 is 5.97 Å². The first kappa shape index (κ1) is 12.0. The number of rotatable bonds is 4. The van der Waals surface area contributed by atoms with E-state index in [-0.39, 0.29) is 6.42 Å². The molecule has 0 radical (unpaired) electrons.